The zero-order chi connectivity index (χ0) is 23.6. The molecule has 1 saturated heterocycles. The van der Waals surface area contributed by atoms with Gasteiger partial charge >= 0.3 is 12.1 Å². The first-order chi connectivity index (χ1) is 15.8. The topological polar surface area (TPSA) is 65.1 Å². The Kier molecular flexibility index (Phi) is 6.98. The van der Waals surface area contributed by atoms with Crippen LogP contribution < -0.4 is 4.74 Å². The molecule has 1 fully saturated rings. The van der Waals surface area contributed by atoms with Gasteiger partial charge in [0.15, 0.2) is 0 Å². The van der Waals surface area contributed by atoms with E-state index in [0.29, 0.717) is 19.7 Å². The van der Waals surface area contributed by atoms with Crippen molar-refractivity contribution in [3.8, 4) is 5.75 Å². The molecule has 7 heteroatoms. The summed E-state index contributed by atoms with van der Waals surface area (Å²) in [6, 6.07) is 12.3. The number of benzene rings is 2. The zero-order valence-electron chi connectivity index (χ0n) is 19.4. The number of esters is 1. The van der Waals surface area contributed by atoms with Crippen LogP contribution in [0, 0.1) is 6.92 Å². The van der Waals surface area contributed by atoms with Crippen LogP contribution in [-0.2, 0) is 26.1 Å². The average Bonchev–Trinajstić information content (AvgIpc) is 3.07. The van der Waals surface area contributed by atoms with E-state index in [4.69, 9.17) is 14.2 Å². The van der Waals surface area contributed by atoms with Gasteiger partial charge in [-0.25, -0.2) is 4.79 Å². The third-order valence-corrected chi connectivity index (χ3v) is 7.29. The largest absolute Gasteiger partial charge is 0.485 e. The van der Waals surface area contributed by atoms with Gasteiger partial charge in [0.2, 0.25) is 0 Å². The predicted molar refractivity (Wildman–Crippen MR) is 129 cm³/mol. The third kappa shape index (κ3) is 4.88. The first-order valence-electron chi connectivity index (χ1n) is 11.4. The monoisotopic (exact) mass is 515 g/mol. The van der Waals surface area contributed by atoms with Gasteiger partial charge in [0, 0.05) is 28.5 Å². The molecule has 1 aliphatic heterocycles. The molecule has 1 spiro atoms. The highest BCUT2D eigenvalue weighted by Crippen LogP contribution is 2.53. The number of ether oxygens (including phenoxy) is 3. The highest BCUT2D eigenvalue weighted by atomic mass is 79.9. The minimum absolute atomic E-state index is 0.0453. The molecule has 33 heavy (non-hydrogen) atoms. The number of piperidine rings is 1. The first kappa shape index (κ1) is 23.6. The van der Waals surface area contributed by atoms with Crippen LogP contribution in [-0.4, -0.2) is 43.8 Å². The summed E-state index contributed by atoms with van der Waals surface area (Å²) in [6.45, 7) is 5.50. The molecule has 6 nitrogen and oxygen atoms in total. The van der Waals surface area contributed by atoms with Crippen molar-refractivity contribution >= 4 is 28.0 Å². The Labute approximate surface area is 203 Å². The van der Waals surface area contributed by atoms with Gasteiger partial charge in [0.1, 0.15) is 11.9 Å². The van der Waals surface area contributed by atoms with E-state index in [9.17, 15) is 9.59 Å². The van der Waals surface area contributed by atoms with Crippen LogP contribution in [0.2, 0.25) is 0 Å². The fraction of sp³-hybridized carbons (Fsp3) is 0.462. The lowest BCUT2D eigenvalue weighted by Gasteiger charge is -2.39. The molecule has 0 radical (unpaired) electrons. The number of amides is 1. The number of hydrogen-bond donors (Lipinski definition) is 0. The number of carbonyl (C=O) groups excluding carboxylic acids is 2. The Morgan fingerprint density at radius 1 is 1.15 bits per heavy atom. The minimum atomic E-state index is -0.268. The number of hydrogen-bond acceptors (Lipinski definition) is 5. The van der Waals surface area contributed by atoms with Gasteiger partial charge in [-0.2, -0.15) is 0 Å². The van der Waals surface area contributed by atoms with E-state index in [2.05, 4.69) is 34.1 Å². The molecule has 4 rings (SSSR count). The van der Waals surface area contributed by atoms with E-state index >= 15 is 0 Å². The van der Waals surface area contributed by atoms with Crippen molar-refractivity contribution < 1.29 is 23.8 Å². The molecule has 2 aromatic rings. The highest BCUT2D eigenvalue weighted by molar-refractivity contribution is 9.10. The van der Waals surface area contributed by atoms with E-state index in [1.54, 1.807) is 4.90 Å². The molecule has 2 aromatic carbocycles. The molecule has 0 saturated carbocycles. The van der Waals surface area contributed by atoms with Gasteiger partial charge in [0.25, 0.3) is 0 Å². The fourth-order valence-corrected chi connectivity index (χ4v) is 5.50. The molecule has 0 bridgehead atoms. The SMILES string of the molecule is CCOC(=O)Cc1ccc(C)cc1OC1CC2(CCN(C(=O)OC)CC2)c2ccc(Br)cc21. The number of nitrogens with zero attached hydrogens (tertiary/aromatic N) is 1. The highest BCUT2D eigenvalue weighted by Gasteiger charge is 2.47. The average molecular weight is 516 g/mol. The van der Waals surface area contributed by atoms with Gasteiger partial charge in [-0.3, -0.25) is 4.79 Å². The molecule has 1 amide bonds. The molecule has 1 heterocycles. The van der Waals surface area contributed by atoms with Gasteiger partial charge in [0.05, 0.1) is 20.1 Å². The Balaban J connectivity index is 1.62. The third-order valence-electron chi connectivity index (χ3n) is 6.79. The second-order valence-corrected chi connectivity index (χ2v) is 9.79. The molecule has 1 aliphatic carbocycles. The van der Waals surface area contributed by atoms with Crippen LogP contribution in [0.25, 0.3) is 0 Å². The Morgan fingerprint density at radius 3 is 2.61 bits per heavy atom. The number of fused-ring (bicyclic) bond motifs is 2. The summed E-state index contributed by atoms with van der Waals surface area (Å²) in [7, 11) is 1.43. The standard InChI is InChI=1S/C26H30BrNO5/c1-4-32-24(29)14-18-6-5-17(2)13-22(18)33-23-16-26(21-8-7-19(27)15-20(21)23)9-11-28(12-10-26)25(30)31-3/h5-8,13,15,23H,4,9-12,14,16H2,1-3H3. The van der Waals surface area contributed by atoms with Crippen molar-refractivity contribution in [2.45, 2.75) is 51.0 Å². The minimum Gasteiger partial charge on any atom is -0.485 e. The smallest absolute Gasteiger partial charge is 0.409 e. The van der Waals surface area contributed by atoms with Gasteiger partial charge in [-0.1, -0.05) is 34.1 Å². The Morgan fingerprint density at radius 2 is 1.91 bits per heavy atom. The lowest BCUT2D eigenvalue weighted by molar-refractivity contribution is -0.142. The maximum atomic E-state index is 12.2. The summed E-state index contributed by atoms with van der Waals surface area (Å²) in [5.41, 5.74) is 4.32. The van der Waals surface area contributed by atoms with Crippen LogP contribution in [0.15, 0.2) is 40.9 Å². The molecule has 176 valence electrons. The summed E-state index contributed by atoms with van der Waals surface area (Å²) in [4.78, 5) is 25.9. The van der Waals surface area contributed by atoms with Crippen molar-refractivity contribution in [3.63, 3.8) is 0 Å². The van der Waals surface area contributed by atoms with Gasteiger partial charge < -0.3 is 19.1 Å². The predicted octanol–water partition coefficient (Wildman–Crippen LogP) is 5.49. The summed E-state index contributed by atoms with van der Waals surface area (Å²) < 4.78 is 17.7. The zero-order valence-corrected chi connectivity index (χ0v) is 20.9. The lowest BCUT2D eigenvalue weighted by atomic mass is 9.74. The van der Waals surface area contributed by atoms with Crippen LogP contribution in [0.4, 0.5) is 4.79 Å². The van der Waals surface area contributed by atoms with E-state index in [1.165, 1.54) is 18.2 Å². The number of carbonyl (C=O) groups is 2. The molecule has 0 aromatic heterocycles. The molecular formula is C26H30BrNO5. The van der Waals surface area contributed by atoms with Gasteiger partial charge in [-0.05, 0) is 68.0 Å². The Bertz CT molecular complexity index is 1040. The van der Waals surface area contributed by atoms with E-state index in [-0.39, 0.29) is 30.0 Å². The van der Waals surface area contributed by atoms with E-state index < -0.39 is 0 Å². The maximum absolute atomic E-state index is 12.2. The Hall–Kier alpha value is -2.54. The normalized spacial score (nSPS) is 18.7. The fourth-order valence-electron chi connectivity index (χ4n) is 5.12. The van der Waals surface area contributed by atoms with Crippen LogP contribution in [0.1, 0.15) is 54.5 Å². The number of methoxy groups -OCH3 is 1. The molecular weight excluding hydrogens is 486 g/mol. The van der Waals surface area contributed by atoms with Crippen molar-refractivity contribution in [2.75, 3.05) is 26.8 Å². The van der Waals surface area contributed by atoms with Crippen LogP contribution in [0.5, 0.6) is 5.75 Å². The van der Waals surface area contributed by atoms with Gasteiger partial charge in [-0.15, -0.1) is 0 Å². The summed E-state index contributed by atoms with van der Waals surface area (Å²) >= 11 is 3.62. The van der Waals surface area contributed by atoms with Crippen molar-refractivity contribution in [1.29, 1.82) is 0 Å². The quantitative estimate of drug-likeness (QED) is 0.492. The van der Waals surface area contributed by atoms with Crippen LogP contribution >= 0.6 is 15.9 Å². The van der Waals surface area contributed by atoms with Crippen LogP contribution in [0.3, 0.4) is 0 Å². The molecule has 2 aliphatic rings. The maximum Gasteiger partial charge on any atom is 0.409 e. The molecule has 1 atom stereocenters. The molecule has 1 unspecified atom stereocenters. The second kappa shape index (κ2) is 9.75. The van der Waals surface area contributed by atoms with E-state index in [0.717, 1.165) is 40.6 Å². The summed E-state index contributed by atoms with van der Waals surface area (Å²) in [5.74, 6) is 0.468. The number of rotatable bonds is 5. The van der Waals surface area contributed by atoms with Crippen molar-refractivity contribution in [1.82, 2.24) is 4.90 Å². The number of halogens is 1. The molecule has 0 N–H and O–H groups in total. The van der Waals surface area contributed by atoms with Crippen molar-refractivity contribution in [2.24, 2.45) is 0 Å². The number of aryl methyl sites for hydroxylation is 1. The summed E-state index contributed by atoms with van der Waals surface area (Å²) in [6.07, 6.45) is 2.33. The second-order valence-electron chi connectivity index (χ2n) is 8.87. The lowest BCUT2D eigenvalue weighted by Crippen LogP contribution is -2.44. The van der Waals surface area contributed by atoms with E-state index in [1.807, 2.05) is 32.0 Å². The summed E-state index contributed by atoms with van der Waals surface area (Å²) in [5, 5.41) is 0. The first-order valence-corrected chi connectivity index (χ1v) is 12.2. The van der Waals surface area contributed by atoms with Crippen molar-refractivity contribution in [3.05, 3.63) is 63.1 Å². The number of likely N-dealkylation sites (tertiary alicyclic amines) is 1.